The lowest BCUT2D eigenvalue weighted by Crippen LogP contribution is -2.56. The highest BCUT2D eigenvalue weighted by atomic mass is 16.6. The van der Waals surface area contributed by atoms with Crippen LogP contribution in [-0.4, -0.2) is 70.2 Å². The van der Waals surface area contributed by atoms with Gasteiger partial charge in [-0.25, -0.2) is 9.78 Å². The lowest BCUT2D eigenvalue weighted by atomic mass is 9.96. The second kappa shape index (κ2) is 13.6. The number of amides is 3. The van der Waals surface area contributed by atoms with Gasteiger partial charge in [-0.15, -0.1) is 0 Å². The Morgan fingerprint density at radius 2 is 1.80 bits per heavy atom. The third-order valence-electron chi connectivity index (χ3n) is 8.25. The van der Waals surface area contributed by atoms with Crippen molar-refractivity contribution in [3.63, 3.8) is 0 Å². The molecule has 0 spiro atoms. The first-order valence-corrected chi connectivity index (χ1v) is 15.2. The Hall–Kier alpha value is -4.22. The lowest BCUT2D eigenvalue weighted by molar-refractivity contribution is -0.130. The van der Waals surface area contributed by atoms with E-state index in [1.807, 2.05) is 54.6 Å². The number of carbonyl (C=O) groups is 3. The molecule has 0 radical (unpaired) electrons. The number of H-pyrrole nitrogens is 1. The summed E-state index contributed by atoms with van der Waals surface area (Å²) in [7, 11) is 0. The Balaban J connectivity index is 1.28. The van der Waals surface area contributed by atoms with Crippen molar-refractivity contribution in [3.05, 3.63) is 83.2 Å². The van der Waals surface area contributed by atoms with Crippen molar-refractivity contribution in [2.24, 2.45) is 11.7 Å². The quantitative estimate of drug-likeness (QED) is 0.276. The minimum absolute atomic E-state index is 0.0700. The molecule has 1 aliphatic carbocycles. The zero-order valence-corrected chi connectivity index (χ0v) is 25.5. The summed E-state index contributed by atoms with van der Waals surface area (Å²) in [5.74, 6) is -0.466. The number of rotatable bonds is 10. The molecular formula is C33H42N6O5. The maximum Gasteiger partial charge on any atom is 0.410 e. The molecule has 2 heterocycles. The summed E-state index contributed by atoms with van der Waals surface area (Å²) >= 11 is 0. The highest BCUT2D eigenvalue weighted by molar-refractivity contribution is 5.97. The number of imidazole rings is 1. The van der Waals surface area contributed by atoms with Crippen LogP contribution in [0, 0.1) is 5.92 Å². The third kappa shape index (κ3) is 7.64. The van der Waals surface area contributed by atoms with Crippen molar-refractivity contribution in [1.29, 1.82) is 0 Å². The number of nitrogens with one attached hydrogen (secondary N) is 3. The maximum atomic E-state index is 13.4. The standard InChI is InChI=1S/C33H42N6O5/c1-21-13-15-39(16-14-21)32(42)44-27-17-23-11-7-8-12-24(23)28(27)25-18-35-31(37-25)38-29(40)26(36-30(41)33(2,3)34)20-43-19-22-9-5-4-6-10-22/h4-12,18,21,26-28H,13-17,19-20,34H2,1-3H3,(H,36,41)(H2,35,37,38,40)/t26-,27-,28-/m1/s1. The number of ether oxygens (including phenoxy) is 2. The molecule has 1 fully saturated rings. The van der Waals surface area contributed by atoms with E-state index in [-0.39, 0.29) is 31.2 Å². The number of aromatic nitrogens is 2. The molecule has 5 rings (SSSR count). The molecule has 3 aromatic rings. The predicted molar refractivity (Wildman–Crippen MR) is 166 cm³/mol. The first kappa shape index (κ1) is 31.2. The Morgan fingerprint density at radius 1 is 1.09 bits per heavy atom. The molecule has 11 heteroatoms. The summed E-state index contributed by atoms with van der Waals surface area (Å²) in [6, 6.07) is 16.5. The average Bonchev–Trinajstić information content (AvgIpc) is 3.60. The fraction of sp³-hybridized carbons (Fsp3) is 0.455. The second-order valence-electron chi connectivity index (χ2n) is 12.4. The van der Waals surface area contributed by atoms with Crippen LogP contribution in [0.5, 0.6) is 0 Å². The number of piperidine rings is 1. The van der Waals surface area contributed by atoms with Crippen molar-refractivity contribution in [2.45, 2.75) is 70.2 Å². The normalized spacial score (nSPS) is 19.2. The van der Waals surface area contributed by atoms with Crippen molar-refractivity contribution in [3.8, 4) is 0 Å². The minimum Gasteiger partial charge on any atom is -0.445 e. The summed E-state index contributed by atoms with van der Waals surface area (Å²) in [4.78, 5) is 48.6. The van der Waals surface area contributed by atoms with Crippen LogP contribution < -0.4 is 16.4 Å². The van der Waals surface area contributed by atoms with Crippen LogP contribution in [0.15, 0.2) is 60.8 Å². The van der Waals surface area contributed by atoms with Crippen molar-refractivity contribution >= 4 is 23.9 Å². The van der Waals surface area contributed by atoms with Gasteiger partial charge in [0.15, 0.2) is 0 Å². The summed E-state index contributed by atoms with van der Waals surface area (Å²) in [6.07, 6.45) is 3.44. The average molecular weight is 603 g/mol. The van der Waals surface area contributed by atoms with Gasteiger partial charge in [0.05, 0.1) is 30.9 Å². The van der Waals surface area contributed by atoms with Crippen LogP contribution in [0.2, 0.25) is 0 Å². The molecule has 1 aliphatic heterocycles. The Labute approximate surface area is 257 Å². The molecule has 5 N–H and O–H groups in total. The van der Waals surface area contributed by atoms with Gasteiger partial charge >= 0.3 is 6.09 Å². The van der Waals surface area contributed by atoms with E-state index in [4.69, 9.17) is 15.2 Å². The van der Waals surface area contributed by atoms with Crippen LogP contribution in [0.1, 0.15) is 61.9 Å². The number of benzene rings is 2. The topological polar surface area (TPSA) is 152 Å². The lowest BCUT2D eigenvalue weighted by Gasteiger charge is -2.31. The molecule has 2 aliphatic rings. The highest BCUT2D eigenvalue weighted by Gasteiger charge is 2.39. The Kier molecular flexibility index (Phi) is 9.65. The smallest absolute Gasteiger partial charge is 0.410 e. The Bertz CT molecular complexity index is 1440. The fourth-order valence-corrected chi connectivity index (χ4v) is 5.59. The van der Waals surface area contributed by atoms with E-state index >= 15 is 0 Å². The molecule has 11 nitrogen and oxygen atoms in total. The fourth-order valence-electron chi connectivity index (χ4n) is 5.59. The number of aromatic amines is 1. The molecule has 0 bridgehead atoms. The molecule has 1 aromatic heterocycles. The third-order valence-corrected chi connectivity index (χ3v) is 8.25. The Morgan fingerprint density at radius 3 is 2.52 bits per heavy atom. The van der Waals surface area contributed by atoms with E-state index in [2.05, 4.69) is 27.5 Å². The number of fused-ring (bicyclic) bond motifs is 1. The SMILES string of the molecule is CC1CCN(C(=O)O[C@@H]2Cc3ccccc3[C@@H]2c2cnc(NC(=O)[C@@H](COCc3ccccc3)NC(=O)C(C)(C)N)[nH]2)CC1. The van der Waals surface area contributed by atoms with Crippen LogP contribution in [-0.2, 0) is 32.1 Å². The summed E-state index contributed by atoms with van der Waals surface area (Å²) in [5.41, 5.74) is 8.58. The van der Waals surface area contributed by atoms with Crippen LogP contribution in [0.3, 0.4) is 0 Å². The van der Waals surface area contributed by atoms with Gasteiger partial charge in [-0.05, 0) is 49.3 Å². The largest absolute Gasteiger partial charge is 0.445 e. The minimum atomic E-state index is -1.19. The molecule has 1 saturated heterocycles. The van der Waals surface area contributed by atoms with E-state index in [0.29, 0.717) is 31.1 Å². The number of anilines is 1. The number of carbonyl (C=O) groups excluding carboxylic acids is 3. The van der Waals surface area contributed by atoms with Crippen molar-refractivity contribution in [2.75, 3.05) is 25.0 Å². The van der Waals surface area contributed by atoms with Gasteiger partial charge in [0.2, 0.25) is 11.9 Å². The first-order valence-electron chi connectivity index (χ1n) is 15.2. The molecule has 3 atom stereocenters. The zero-order valence-electron chi connectivity index (χ0n) is 25.5. The molecule has 234 valence electrons. The molecule has 44 heavy (non-hydrogen) atoms. The highest BCUT2D eigenvalue weighted by Crippen LogP contribution is 2.40. The molecule has 0 unspecified atom stereocenters. The van der Waals surface area contributed by atoms with E-state index in [0.717, 1.165) is 29.5 Å². The van der Waals surface area contributed by atoms with Gasteiger partial charge in [0.1, 0.15) is 12.1 Å². The molecule has 0 saturated carbocycles. The van der Waals surface area contributed by atoms with Crippen LogP contribution >= 0.6 is 0 Å². The van der Waals surface area contributed by atoms with Crippen LogP contribution in [0.25, 0.3) is 0 Å². The van der Waals surface area contributed by atoms with E-state index < -0.39 is 29.5 Å². The van der Waals surface area contributed by atoms with E-state index in [1.165, 1.54) is 0 Å². The number of nitrogens with two attached hydrogens (primary N) is 1. The molecular weight excluding hydrogens is 560 g/mol. The second-order valence-corrected chi connectivity index (χ2v) is 12.4. The van der Waals surface area contributed by atoms with Crippen molar-refractivity contribution in [1.82, 2.24) is 20.2 Å². The number of hydrogen-bond donors (Lipinski definition) is 4. The van der Waals surface area contributed by atoms with Crippen molar-refractivity contribution < 1.29 is 23.9 Å². The van der Waals surface area contributed by atoms with Crippen LogP contribution in [0.4, 0.5) is 10.7 Å². The summed E-state index contributed by atoms with van der Waals surface area (Å²) in [5, 5.41) is 5.47. The molecule has 3 amide bonds. The monoisotopic (exact) mass is 602 g/mol. The van der Waals surface area contributed by atoms with Gasteiger partial charge < -0.3 is 30.4 Å². The van der Waals surface area contributed by atoms with Gasteiger partial charge in [-0.2, -0.15) is 0 Å². The number of nitrogens with zero attached hydrogens (tertiary/aromatic N) is 2. The summed E-state index contributed by atoms with van der Waals surface area (Å²) < 4.78 is 11.9. The van der Waals surface area contributed by atoms with E-state index in [9.17, 15) is 14.4 Å². The first-order chi connectivity index (χ1) is 21.1. The maximum absolute atomic E-state index is 13.4. The van der Waals surface area contributed by atoms with Gasteiger partial charge in [-0.1, -0.05) is 61.5 Å². The number of likely N-dealkylation sites (tertiary alicyclic amines) is 1. The van der Waals surface area contributed by atoms with E-state index in [1.54, 1.807) is 24.9 Å². The number of hydrogen-bond acceptors (Lipinski definition) is 7. The summed E-state index contributed by atoms with van der Waals surface area (Å²) in [6.45, 7) is 6.92. The molecule has 2 aromatic carbocycles. The predicted octanol–water partition coefficient (Wildman–Crippen LogP) is 3.71. The zero-order chi connectivity index (χ0) is 31.3. The van der Waals surface area contributed by atoms with Gasteiger partial charge in [0, 0.05) is 25.2 Å². The van der Waals surface area contributed by atoms with Gasteiger partial charge in [-0.3, -0.25) is 14.9 Å². The van der Waals surface area contributed by atoms with Gasteiger partial charge in [0.25, 0.3) is 5.91 Å².